The first-order valence-electron chi connectivity index (χ1n) is 10.4. The third kappa shape index (κ3) is 4.93. The molecule has 0 atom stereocenters. The van der Waals surface area contributed by atoms with Crippen molar-refractivity contribution in [3.05, 3.63) is 36.2 Å². The Labute approximate surface area is 180 Å². The highest BCUT2D eigenvalue weighted by molar-refractivity contribution is 6.06. The number of anilines is 1. The summed E-state index contributed by atoms with van der Waals surface area (Å²) in [4.78, 5) is 30.1. The zero-order chi connectivity index (χ0) is 21.6. The van der Waals surface area contributed by atoms with E-state index in [1.165, 1.54) is 6.33 Å². The lowest BCUT2D eigenvalue weighted by Crippen LogP contribution is -2.33. The van der Waals surface area contributed by atoms with Crippen molar-refractivity contribution < 1.29 is 14.6 Å². The molecule has 1 aromatic carbocycles. The number of aliphatic imine (C=N–C) groups is 1. The maximum atomic E-state index is 12.1. The molecule has 3 N–H and O–H groups in total. The second-order valence-corrected chi connectivity index (χ2v) is 7.49. The first kappa shape index (κ1) is 20.6. The third-order valence-corrected chi connectivity index (χ3v) is 5.20. The van der Waals surface area contributed by atoms with Crippen LogP contribution in [0.4, 0.5) is 11.5 Å². The average molecular weight is 422 g/mol. The van der Waals surface area contributed by atoms with E-state index in [0.717, 1.165) is 25.0 Å². The quantitative estimate of drug-likeness (QED) is 0.513. The first-order valence-corrected chi connectivity index (χ1v) is 10.4. The lowest BCUT2D eigenvalue weighted by Gasteiger charge is -2.19. The van der Waals surface area contributed by atoms with Gasteiger partial charge in [-0.2, -0.15) is 0 Å². The van der Waals surface area contributed by atoms with Gasteiger partial charge in [-0.3, -0.25) is 9.79 Å². The highest BCUT2D eigenvalue weighted by atomic mass is 16.5. The number of aromatic hydroxyl groups is 1. The van der Waals surface area contributed by atoms with Crippen LogP contribution in [0.1, 0.15) is 31.2 Å². The average Bonchev–Trinajstić information content (AvgIpc) is 3.09. The number of fused-ring (bicyclic) bond motifs is 2. The summed E-state index contributed by atoms with van der Waals surface area (Å²) in [6.07, 6.45) is 6.18. The van der Waals surface area contributed by atoms with Gasteiger partial charge < -0.3 is 25.0 Å². The molecule has 9 heteroatoms. The summed E-state index contributed by atoms with van der Waals surface area (Å²) in [5.41, 5.74) is 1.74. The summed E-state index contributed by atoms with van der Waals surface area (Å²) >= 11 is 0. The number of aromatic amines is 1. The van der Waals surface area contributed by atoms with Gasteiger partial charge >= 0.3 is 0 Å². The zero-order valence-electron chi connectivity index (χ0n) is 17.5. The summed E-state index contributed by atoms with van der Waals surface area (Å²) in [5.74, 6) is 1.39. The number of hydrogen-bond acceptors (Lipinski definition) is 7. The number of carbonyl (C=O) groups is 1. The first-order chi connectivity index (χ1) is 15.1. The summed E-state index contributed by atoms with van der Waals surface area (Å²) in [6, 6.07) is 7.50. The van der Waals surface area contributed by atoms with Crippen LogP contribution in [0.2, 0.25) is 0 Å². The fourth-order valence-electron chi connectivity index (χ4n) is 3.54. The van der Waals surface area contributed by atoms with E-state index < -0.39 is 0 Å². The van der Waals surface area contributed by atoms with Crippen LogP contribution < -0.4 is 15.0 Å². The van der Waals surface area contributed by atoms with Gasteiger partial charge in [-0.1, -0.05) is 6.07 Å². The van der Waals surface area contributed by atoms with Crippen LogP contribution in [0.3, 0.4) is 0 Å². The van der Waals surface area contributed by atoms with Crippen molar-refractivity contribution in [1.82, 2.24) is 20.3 Å². The number of nitrogens with one attached hydrogen (secondary N) is 2. The van der Waals surface area contributed by atoms with Crippen LogP contribution in [-0.4, -0.2) is 58.9 Å². The highest BCUT2D eigenvalue weighted by Crippen LogP contribution is 2.31. The number of nitrogens with zero attached hydrogens (tertiary/aromatic N) is 4. The van der Waals surface area contributed by atoms with E-state index >= 15 is 0 Å². The third-order valence-electron chi connectivity index (χ3n) is 5.20. The lowest BCUT2D eigenvalue weighted by atomic mass is 10.2. The van der Waals surface area contributed by atoms with Gasteiger partial charge in [-0.25, -0.2) is 9.97 Å². The van der Waals surface area contributed by atoms with Crippen LogP contribution >= 0.6 is 0 Å². The van der Waals surface area contributed by atoms with Crippen molar-refractivity contribution in [1.29, 1.82) is 0 Å². The Hall–Kier alpha value is -3.62. The fraction of sp³-hybridized carbons (Fsp3) is 0.364. The summed E-state index contributed by atoms with van der Waals surface area (Å²) in [7, 11) is 1.89. The molecule has 0 saturated heterocycles. The van der Waals surface area contributed by atoms with Crippen LogP contribution in [0, 0.1) is 0 Å². The van der Waals surface area contributed by atoms with Gasteiger partial charge in [0, 0.05) is 38.8 Å². The normalized spacial score (nSPS) is 16.2. The second kappa shape index (κ2) is 9.46. The largest absolute Gasteiger partial charge is 0.494 e. The number of rotatable bonds is 0. The molecule has 2 bridgehead atoms. The molecular formula is C22H26N6O3. The Kier molecular flexibility index (Phi) is 6.30. The molecule has 1 amide bonds. The van der Waals surface area contributed by atoms with Crippen molar-refractivity contribution in [2.24, 2.45) is 4.99 Å². The molecule has 3 aromatic rings. The van der Waals surface area contributed by atoms with Crippen molar-refractivity contribution in [3.8, 4) is 11.6 Å². The van der Waals surface area contributed by atoms with E-state index in [1.807, 2.05) is 36.2 Å². The molecule has 0 saturated carbocycles. The van der Waals surface area contributed by atoms with E-state index in [1.54, 1.807) is 6.21 Å². The standard InChI is InChI=1S/C22H26N6O3/c1-28-10-9-23-18(29)8-3-2-4-11-31-16-7-5-6-15(12-16)24-13-17-19-20(27-22(17)30)25-14-26-21(19)28/h5-7,12-14,30H,2-4,8-11H2,1H3,(H,23,29)(H,25,26,27). The minimum atomic E-state index is -0.0273. The van der Waals surface area contributed by atoms with Gasteiger partial charge in [0.15, 0.2) is 5.88 Å². The Balaban J connectivity index is 1.70. The maximum Gasteiger partial charge on any atom is 0.220 e. The fourth-order valence-corrected chi connectivity index (χ4v) is 3.54. The number of ether oxygens (including phenoxy) is 1. The predicted molar refractivity (Wildman–Crippen MR) is 119 cm³/mol. The van der Waals surface area contributed by atoms with Gasteiger partial charge in [0.25, 0.3) is 0 Å². The molecule has 1 aliphatic heterocycles. The molecule has 0 radical (unpaired) electrons. The van der Waals surface area contributed by atoms with Crippen molar-refractivity contribution in [3.63, 3.8) is 0 Å². The summed E-state index contributed by atoms with van der Waals surface area (Å²) < 4.78 is 5.82. The van der Waals surface area contributed by atoms with Crippen LogP contribution in [0.25, 0.3) is 11.0 Å². The number of carbonyl (C=O) groups excluding carboxylic acids is 1. The number of amides is 1. The van der Waals surface area contributed by atoms with Crippen LogP contribution in [0.5, 0.6) is 11.6 Å². The number of hydrogen-bond donors (Lipinski definition) is 3. The minimum Gasteiger partial charge on any atom is -0.494 e. The SMILES string of the molecule is CN1CCNC(=O)CCCCCOc2cccc(c2)N=Cc2c(O)[nH]c3ncnc1c23. The molecule has 0 spiro atoms. The molecule has 2 aromatic heterocycles. The van der Waals surface area contributed by atoms with Gasteiger partial charge in [0.2, 0.25) is 5.91 Å². The number of aromatic nitrogens is 3. The Morgan fingerprint density at radius 1 is 1.19 bits per heavy atom. The van der Waals surface area contributed by atoms with Gasteiger partial charge in [0.05, 0.1) is 23.2 Å². The van der Waals surface area contributed by atoms with Gasteiger partial charge in [-0.15, -0.1) is 0 Å². The predicted octanol–water partition coefficient (Wildman–Crippen LogP) is 2.92. The molecule has 31 heavy (non-hydrogen) atoms. The smallest absolute Gasteiger partial charge is 0.220 e. The van der Waals surface area contributed by atoms with Crippen molar-refractivity contribution >= 4 is 34.7 Å². The van der Waals surface area contributed by atoms with Crippen LogP contribution in [-0.2, 0) is 4.79 Å². The molecule has 0 unspecified atom stereocenters. The van der Waals surface area contributed by atoms with Crippen molar-refractivity contribution in [2.75, 3.05) is 31.6 Å². The maximum absolute atomic E-state index is 12.1. The molecule has 0 aliphatic carbocycles. The van der Waals surface area contributed by atoms with E-state index in [4.69, 9.17) is 4.74 Å². The van der Waals surface area contributed by atoms with E-state index in [-0.39, 0.29) is 11.8 Å². The Bertz CT molecular complexity index is 1090. The molecular weight excluding hydrogens is 396 g/mol. The topological polar surface area (TPSA) is 116 Å². The number of benzene rings is 1. The summed E-state index contributed by atoms with van der Waals surface area (Å²) in [6.45, 7) is 1.65. The molecule has 9 nitrogen and oxygen atoms in total. The Morgan fingerprint density at radius 3 is 3.00 bits per heavy atom. The van der Waals surface area contributed by atoms with Crippen LogP contribution in [0.15, 0.2) is 35.6 Å². The van der Waals surface area contributed by atoms with E-state index in [2.05, 4.69) is 25.3 Å². The zero-order valence-corrected chi connectivity index (χ0v) is 17.5. The molecule has 3 heterocycles. The minimum absolute atomic E-state index is 0.0273. The number of likely N-dealkylation sites (N-methyl/N-ethyl adjacent to an activating group) is 1. The van der Waals surface area contributed by atoms with Gasteiger partial charge in [0.1, 0.15) is 23.5 Å². The van der Waals surface area contributed by atoms with Crippen molar-refractivity contribution in [2.45, 2.75) is 25.7 Å². The second-order valence-electron chi connectivity index (χ2n) is 7.49. The molecule has 0 fully saturated rings. The summed E-state index contributed by atoms with van der Waals surface area (Å²) in [5, 5.41) is 14.1. The molecule has 1 aliphatic rings. The Morgan fingerprint density at radius 2 is 2.10 bits per heavy atom. The monoisotopic (exact) mass is 422 g/mol. The van der Waals surface area contributed by atoms with Gasteiger partial charge in [-0.05, 0) is 31.4 Å². The molecule has 162 valence electrons. The lowest BCUT2D eigenvalue weighted by molar-refractivity contribution is -0.121. The van der Waals surface area contributed by atoms with E-state index in [0.29, 0.717) is 54.2 Å². The molecule has 4 rings (SSSR count). The highest BCUT2D eigenvalue weighted by Gasteiger charge is 2.18. The van der Waals surface area contributed by atoms with E-state index in [9.17, 15) is 9.90 Å². The number of H-pyrrole nitrogens is 1.